The first-order valence-electron chi connectivity index (χ1n) is 11.9. The van der Waals surface area contributed by atoms with Crippen molar-refractivity contribution in [1.82, 2.24) is 19.2 Å². The first-order valence-corrected chi connectivity index (χ1v) is 12.3. The number of nitrogens with one attached hydrogen (secondary N) is 1. The molecule has 6 nitrogen and oxygen atoms in total. The average Bonchev–Trinajstić information content (AvgIpc) is 3.46. The largest absolute Gasteiger partial charge is 0.323 e. The Hall–Kier alpha value is -4.36. The quantitative estimate of drug-likeness (QED) is 0.286. The summed E-state index contributed by atoms with van der Waals surface area (Å²) in [5.74, 6) is 0.360. The fraction of sp³-hybridized carbons (Fsp3) is 0.103. The first kappa shape index (κ1) is 23.1. The predicted molar refractivity (Wildman–Crippen MR) is 142 cm³/mol. The van der Waals surface area contributed by atoms with Crippen LogP contribution in [-0.2, 0) is 6.54 Å². The number of carbonyl (C=O) groups is 1. The molecule has 0 saturated heterocycles. The van der Waals surface area contributed by atoms with Crippen molar-refractivity contribution in [3.8, 4) is 11.5 Å². The summed E-state index contributed by atoms with van der Waals surface area (Å²) >= 11 is 6.39. The van der Waals surface area contributed by atoms with E-state index in [9.17, 15) is 9.18 Å². The maximum Gasteiger partial charge on any atom is 0.323 e. The molecule has 2 amide bonds. The molecule has 0 radical (unpaired) electrons. The van der Waals surface area contributed by atoms with E-state index in [0.717, 1.165) is 34.0 Å². The van der Waals surface area contributed by atoms with Crippen molar-refractivity contribution in [2.75, 3.05) is 5.32 Å². The molecule has 5 aromatic rings. The number of rotatable bonds is 3. The summed E-state index contributed by atoms with van der Waals surface area (Å²) in [4.78, 5) is 15.6. The Kier molecular flexibility index (Phi) is 5.77. The Labute approximate surface area is 218 Å². The normalized spacial score (nSPS) is 14.6. The summed E-state index contributed by atoms with van der Waals surface area (Å²) in [6.45, 7) is 2.20. The molecule has 0 spiro atoms. The molecule has 3 aromatic carbocycles. The van der Waals surface area contributed by atoms with Crippen LogP contribution in [0.15, 0.2) is 97.2 Å². The number of aromatic nitrogens is 3. The Bertz CT molecular complexity index is 1610. The monoisotopic (exact) mass is 511 g/mol. The van der Waals surface area contributed by atoms with Gasteiger partial charge < -0.3 is 14.8 Å². The SMILES string of the molecule is Cc1nn(-c2ccccc2)c2c1CN(C(=O)Nc1ccccc1F)C(c1cccc(Cl)c1)c1cccn1-2. The fourth-order valence-corrected chi connectivity index (χ4v) is 5.13. The third-order valence-corrected chi connectivity index (χ3v) is 6.86. The lowest BCUT2D eigenvalue weighted by Crippen LogP contribution is -2.38. The van der Waals surface area contributed by atoms with Crippen LogP contribution in [0, 0.1) is 12.7 Å². The van der Waals surface area contributed by atoms with E-state index in [1.807, 2.05) is 78.5 Å². The van der Waals surface area contributed by atoms with Crippen LogP contribution in [0.2, 0.25) is 5.02 Å². The molecule has 1 aliphatic rings. The Morgan fingerprint density at radius 2 is 1.78 bits per heavy atom. The Balaban J connectivity index is 1.55. The Morgan fingerprint density at radius 3 is 2.57 bits per heavy atom. The first-order chi connectivity index (χ1) is 18.0. The molecule has 1 unspecified atom stereocenters. The van der Waals surface area contributed by atoms with Gasteiger partial charge in [0.2, 0.25) is 0 Å². The third kappa shape index (κ3) is 4.07. The van der Waals surface area contributed by atoms with E-state index in [1.165, 1.54) is 6.07 Å². The van der Waals surface area contributed by atoms with Crippen LogP contribution in [0.5, 0.6) is 0 Å². The highest BCUT2D eigenvalue weighted by Crippen LogP contribution is 2.39. The zero-order chi connectivity index (χ0) is 25.5. The molecule has 0 aliphatic carbocycles. The molecule has 37 heavy (non-hydrogen) atoms. The van der Waals surface area contributed by atoms with E-state index < -0.39 is 17.9 Å². The summed E-state index contributed by atoms with van der Waals surface area (Å²) in [6.07, 6.45) is 1.98. The van der Waals surface area contributed by atoms with E-state index >= 15 is 0 Å². The van der Waals surface area contributed by atoms with Crippen molar-refractivity contribution in [3.05, 3.63) is 131 Å². The lowest BCUT2D eigenvalue weighted by Gasteiger charge is -2.31. The Morgan fingerprint density at radius 1 is 1.00 bits per heavy atom. The van der Waals surface area contributed by atoms with Crippen molar-refractivity contribution in [1.29, 1.82) is 0 Å². The topological polar surface area (TPSA) is 55.1 Å². The molecule has 2 aromatic heterocycles. The van der Waals surface area contributed by atoms with Gasteiger partial charge in [0.15, 0.2) is 0 Å². The highest BCUT2D eigenvalue weighted by atomic mass is 35.5. The van der Waals surface area contributed by atoms with E-state index in [2.05, 4.69) is 9.88 Å². The van der Waals surface area contributed by atoms with E-state index in [1.54, 1.807) is 29.2 Å². The number of hydrogen-bond acceptors (Lipinski definition) is 2. The van der Waals surface area contributed by atoms with Gasteiger partial charge in [0.1, 0.15) is 11.6 Å². The molecule has 3 heterocycles. The van der Waals surface area contributed by atoms with E-state index in [0.29, 0.717) is 5.02 Å². The molecule has 1 aliphatic heterocycles. The van der Waals surface area contributed by atoms with Crippen LogP contribution in [0.25, 0.3) is 11.5 Å². The highest BCUT2D eigenvalue weighted by Gasteiger charge is 2.36. The lowest BCUT2D eigenvalue weighted by molar-refractivity contribution is 0.194. The minimum absolute atomic E-state index is 0.119. The van der Waals surface area contributed by atoms with Crippen molar-refractivity contribution in [2.24, 2.45) is 0 Å². The van der Waals surface area contributed by atoms with Crippen LogP contribution in [-0.4, -0.2) is 25.3 Å². The summed E-state index contributed by atoms with van der Waals surface area (Å²) in [6, 6.07) is 26.5. The van der Waals surface area contributed by atoms with Crippen molar-refractivity contribution in [3.63, 3.8) is 0 Å². The molecule has 0 saturated carbocycles. The number of amides is 2. The van der Waals surface area contributed by atoms with Crippen LogP contribution in [0.3, 0.4) is 0 Å². The summed E-state index contributed by atoms with van der Waals surface area (Å²) < 4.78 is 18.5. The standard InChI is InChI=1S/C29H23ClFN5O/c1-19-23-18-35(29(37)32-25-14-6-5-13-24(25)31)27(20-9-7-10-21(30)17-20)26-15-8-16-34(26)28(23)36(33-19)22-11-3-2-4-12-22/h2-17,27H,18H2,1H3,(H,32,37). The van der Waals surface area contributed by atoms with Gasteiger partial charge >= 0.3 is 6.03 Å². The number of nitrogens with zero attached hydrogens (tertiary/aromatic N) is 4. The second-order valence-electron chi connectivity index (χ2n) is 8.93. The molecular weight excluding hydrogens is 489 g/mol. The number of fused-ring (bicyclic) bond motifs is 3. The van der Waals surface area contributed by atoms with Gasteiger partial charge in [-0.3, -0.25) is 0 Å². The van der Waals surface area contributed by atoms with Gasteiger partial charge in [0.25, 0.3) is 0 Å². The molecule has 6 rings (SSSR count). The van der Waals surface area contributed by atoms with Crippen molar-refractivity contribution < 1.29 is 9.18 Å². The van der Waals surface area contributed by atoms with Gasteiger partial charge in [0.05, 0.1) is 35.3 Å². The second kappa shape index (κ2) is 9.26. The van der Waals surface area contributed by atoms with Gasteiger partial charge in [-0.15, -0.1) is 0 Å². The summed E-state index contributed by atoms with van der Waals surface area (Å²) in [5.41, 5.74) is 4.44. The van der Waals surface area contributed by atoms with Crippen molar-refractivity contribution >= 4 is 23.3 Å². The number of para-hydroxylation sites is 2. The predicted octanol–water partition coefficient (Wildman–Crippen LogP) is 6.90. The van der Waals surface area contributed by atoms with Gasteiger partial charge in [0, 0.05) is 16.8 Å². The van der Waals surface area contributed by atoms with Gasteiger partial charge in [-0.05, 0) is 61.0 Å². The molecular formula is C29H23ClFN5O. The summed E-state index contributed by atoms with van der Waals surface area (Å²) in [5, 5.41) is 8.19. The highest BCUT2D eigenvalue weighted by molar-refractivity contribution is 6.30. The molecule has 0 fully saturated rings. The minimum Gasteiger partial charge on any atom is -0.307 e. The summed E-state index contributed by atoms with van der Waals surface area (Å²) in [7, 11) is 0. The zero-order valence-corrected chi connectivity index (χ0v) is 20.7. The van der Waals surface area contributed by atoms with E-state index in [4.69, 9.17) is 16.7 Å². The number of hydrogen-bond donors (Lipinski definition) is 1. The number of halogens is 2. The van der Waals surface area contributed by atoms with Crippen LogP contribution in [0.1, 0.15) is 28.6 Å². The number of anilines is 1. The number of benzene rings is 3. The smallest absolute Gasteiger partial charge is 0.307 e. The minimum atomic E-state index is -0.498. The number of carbonyl (C=O) groups excluding carboxylic acids is 1. The van der Waals surface area contributed by atoms with Crippen LogP contribution in [0.4, 0.5) is 14.9 Å². The molecule has 184 valence electrons. The zero-order valence-electron chi connectivity index (χ0n) is 20.0. The lowest BCUT2D eigenvalue weighted by atomic mass is 10.0. The van der Waals surface area contributed by atoms with Gasteiger partial charge in [-0.25, -0.2) is 13.9 Å². The third-order valence-electron chi connectivity index (χ3n) is 6.63. The maximum atomic E-state index is 14.5. The van der Waals surface area contributed by atoms with E-state index in [-0.39, 0.29) is 12.2 Å². The molecule has 8 heteroatoms. The van der Waals surface area contributed by atoms with Gasteiger partial charge in [-0.2, -0.15) is 5.10 Å². The average molecular weight is 512 g/mol. The van der Waals surface area contributed by atoms with Crippen molar-refractivity contribution in [2.45, 2.75) is 19.5 Å². The fourth-order valence-electron chi connectivity index (χ4n) is 4.93. The maximum absolute atomic E-state index is 14.5. The second-order valence-corrected chi connectivity index (χ2v) is 9.37. The molecule has 1 N–H and O–H groups in total. The molecule has 0 bridgehead atoms. The molecule has 1 atom stereocenters. The number of aryl methyl sites for hydroxylation is 1. The van der Waals surface area contributed by atoms with Crippen LogP contribution >= 0.6 is 11.6 Å². The van der Waals surface area contributed by atoms with Crippen LogP contribution < -0.4 is 5.32 Å². The number of urea groups is 1. The van der Waals surface area contributed by atoms with Gasteiger partial charge in [-0.1, -0.05) is 54.1 Å².